The second-order valence-corrected chi connectivity index (χ2v) is 6.04. The summed E-state index contributed by atoms with van der Waals surface area (Å²) in [7, 11) is -3.70. The molecule has 1 unspecified atom stereocenters. The molecule has 1 rings (SSSR count). The van der Waals surface area contributed by atoms with Gasteiger partial charge in [0.1, 0.15) is 5.75 Å². The lowest BCUT2D eigenvalue weighted by atomic mass is 10.2. The highest BCUT2D eigenvalue weighted by molar-refractivity contribution is 7.75. The molecule has 0 aliphatic carbocycles. The summed E-state index contributed by atoms with van der Waals surface area (Å²) in [6.45, 7) is 4.83. The summed E-state index contributed by atoms with van der Waals surface area (Å²) in [5.41, 5.74) is -0.506. The van der Waals surface area contributed by atoms with Gasteiger partial charge in [-0.3, -0.25) is 9.36 Å². The molecule has 0 saturated carbocycles. The monoisotopic (exact) mass is 242 g/mol. The van der Waals surface area contributed by atoms with Crippen molar-refractivity contribution < 1.29 is 19.0 Å². The summed E-state index contributed by atoms with van der Waals surface area (Å²) >= 11 is 0. The average Bonchev–Trinajstić information content (AvgIpc) is 2.15. The van der Waals surface area contributed by atoms with Crippen molar-refractivity contribution in [3.05, 3.63) is 29.8 Å². The molecule has 0 aliphatic heterocycles. The van der Waals surface area contributed by atoms with Crippen LogP contribution in [0.3, 0.4) is 0 Å². The Morgan fingerprint density at radius 1 is 1.31 bits per heavy atom. The normalized spacial score (nSPS) is 14.6. The van der Waals surface area contributed by atoms with Gasteiger partial charge >= 0.3 is 0 Å². The Hall–Kier alpha value is -1.12. The summed E-state index contributed by atoms with van der Waals surface area (Å²) in [6.07, 6.45) is 0.0525. The first-order valence-corrected chi connectivity index (χ1v) is 7.03. The van der Waals surface area contributed by atoms with Crippen molar-refractivity contribution in [2.45, 2.75) is 20.0 Å². The summed E-state index contributed by atoms with van der Waals surface area (Å²) in [5.74, 6) is 0.635. The van der Waals surface area contributed by atoms with Crippen LogP contribution in [0.1, 0.15) is 24.2 Å². The zero-order valence-electron chi connectivity index (χ0n) is 9.51. The van der Waals surface area contributed by atoms with E-state index in [0.717, 1.165) is 6.66 Å². The van der Waals surface area contributed by atoms with Gasteiger partial charge in [-0.1, -0.05) is 0 Å². The van der Waals surface area contributed by atoms with Gasteiger partial charge in [0.15, 0.2) is 0 Å². The zero-order chi connectivity index (χ0) is 12.3. The van der Waals surface area contributed by atoms with Crippen molar-refractivity contribution in [2.24, 2.45) is 0 Å². The molecule has 88 valence electrons. The van der Waals surface area contributed by atoms with E-state index in [9.17, 15) is 9.36 Å². The summed E-state index contributed by atoms with van der Waals surface area (Å²) < 4.78 is 16.5. The van der Waals surface area contributed by atoms with Gasteiger partial charge in [0.05, 0.1) is 6.10 Å². The fraction of sp³-hybridized carbons (Fsp3) is 0.364. The maximum Gasteiger partial charge on any atom is 0.266 e. The van der Waals surface area contributed by atoms with Crippen LogP contribution >= 0.6 is 7.37 Å². The van der Waals surface area contributed by atoms with E-state index in [4.69, 9.17) is 9.63 Å². The molecule has 0 spiro atoms. The van der Waals surface area contributed by atoms with E-state index in [2.05, 4.69) is 0 Å². The van der Waals surface area contributed by atoms with E-state index in [-0.39, 0.29) is 11.7 Å². The highest BCUT2D eigenvalue weighted by Gasteiger charge is 2.23. The quantitative estimate of drug-likeness (QED) is 0.824. The molecular formula is C11H15O4P. The summed E-state index contributed by atoms with van der Waals surface area (Å²) in [4.78, 5) is 20.6. The molecule has 5 heteroatoms. The predicted octanol–water partition coefficient (Wildman–Crippen LogP) is 2.51. The summed E-state index contributed by atoms with van der Waals surface area (Å²) in [5, 5.41) is 0. The Morgan fingerprint density at radius 3 is 2.19 bits per heavy atom. The van der Waals surface area contributed by atoms with Crippen molar-refractivity contribution >= 4 is 12.9 Å². The van der Waals surface area contributed by atoms with Gasteiger partial charge in [0.2, 0.25) is 5.52 Å². The van der Waals surface area contributed by atoms with E-state index in [1.54, 1.807) is 12.1 Å². The van der Waals surface area contributed by atoms with Crippen molar-refractivity contribution in [3.63, 3.8) is 0 Å². The maximum absolute atomic E-state index is 11.4. The second kappa shape index (κ2) is 4.81. The number of ether oxygens (including phenoxy) is 1. The Labute approximate surface area is 94.7 Å². The van der Waals surface area contributed by atoms with Gasteiger partial charge in [0, 0.05) is 12.2 Å². The van der Waals surface area contributed by atoms with Gasteiger partial charge in [0.25, 0.3) is 7.37 Å². The molecule has 1 atom stereocenters. The van der Waals surface area contributed by atoms with E-state index in [1.165, 1.54) is 12.1 Å². The van der Waals surface area contributed by atoms with E-state index in [0.29, 0.717) is 5.75 Å². The average molecular weight is 242 g/mol. The molecular weight excluding hydrogens is 227 g/mol. The number of hydrogen-bond acceptors (Lipinski definition) is 3. The smallest absolute Gasteiger partial charge is 0.266 e. The molecule has 1 aromatic carbocycles. The van der Waals surface area contributed by atoms with Gasteiger partial charge in [-0.25, -0.2) is 0 Å². The standard InChI is InChI=1S/C11H15O4P/c1-8(2)15-10-6-4-9(5-7-10)11(12)16(3,13)14/h4-8H,1-3H3,(H,13,14). The number of carbonyl (C=O) groups excluding carboxylic acids is 1. The first-order valence-electron chi connectivity index (χ1n) is 4.92. The van der Waals surface area contributed by atoms with E-state index in [1.807, 2.05) is 13.8 Å². The molecule has 0 radical (unpaired) electrons. The Bertz CT molecular complexity index is 416. The SMILES string of the molecule is CC(C)Oc1ccc(C(=O)P(C)(=O)O)cc1. The Morgan fingerprint density at radius 2 is 1.81 bits per heavy atom. The second-order valence-electron chi connectivity index (χ2n) is 3.88. The van der Waals surface area contributed by atoms with Crippen molar-refractivity contribution in [3.8, 4) is 5.75 Å². The fourth-order valence-corrected chi connectivity index (χ4v) is 1.82. The molecule has 1 aromatic rings. The van der Waals surface area contributed by atoms with Crippen LogP contribution in [-0.4, -0.2) is 23.2 Å². The van der Waals surface area contributed by atoms with Crippen LogP contribution in [0.5, 0.6) is 5.75 Å². The molecule has 4 nitrogen and oxygen atoms in total. The molecule has 0 fully saturated rings. The minimum Gasteiger partial charge on any atom is -0.491 e. The predicted molar refractivity (Wildman–Crippen MR) is 62.3 cm³/mol. The van der Waals surface area contributed by atoms with Crippen LogP contribution in [-0.2, 0) is 4.57 Å². The third-order valence-electron chi connectivity index (χ3n) is 1.85. The lowest BCUT2D eigenvalue weighted by Crippen LogP contribution is -2.06. The molecule has 1 N–H and O–H groups in total. The third-order valence-corrected chi connectivity index (χ3v) is 2.86. The van der Waals surface area contributed by atoms with Gasteiger partial charge < -0.3 is 9.63 Å². The van der Waals surface area contributed by atoms with Gasteiger partial charge in [-0.15, -0.1) is 0 Å². The molecule has 16 heavy (non-hydrogen) atoms. The molecule has 0 amide bonds. The highest BCUT2D eigenvalue weighted by Crippen LogP contribution is 2.39. The fourth-order valence-electron chi connectivity index (χ4n) is 1.19. The number of hydrogen-bond donors (Lipinski definition) is 1. The topological polar surface area (TPSA) is 63.6 Å². The first kappa shape index (κ1) is 12.9. The molecule has 0 heterocycles. The number of rotatable bonds is 4. The highest BCUT2D eigenvalue weighted by atomic mass is 31.2. The van der Waals surface area contributed by atoms with Crippen LogP contribution in [0.25, 0.3) is 0 Å². The van der Waals surface area contributed by atoms with Crippen LogP contribution < -0.4 is 4.74 Å². The minimum absolute atomic E-state index is 0.0525. The number of benzene rings is 1. The lowest BCUT2D eigenvalue weighted by molar-refractivity contribution is 0.106. The molecule has 0 aliphatic rings. The third kappa shape index (κ3) is 3.47. The summed E-state index contributed by atoms with van der Waals surface area (Å²) in [6, 6.07) is 6.21. The van der Waals surface area contributed by atoms with Crippen molar-refractivity contribution in [2.75, 3.05) is 6.66 Å². The Kier molecular flexibility index (Phi) is 3.89. The van der Waals surface area contributed by atoms with Crippen molar-refractivity contribution in [1.82, 2.24) is 0 Å². The van der Waals surface area contributed by atoms with E-state index < -0.39 is 12.9 Å². The Balaban J connectivity index is 2.87. The first-order chi connectivity index (χ1) is 7.30. The maximum atomic E-state index is 11.4. The largest absolute Gasteiger partial charge is 0.491 e. The van der Waals surface area contributed by atoms with Gasteiger partial charge in [-0.05, 0) is 38.1 Å². The van der Waals surface area contributed by atoms with Crippen LogP contribution in [0, 0.1) is 0 Å². The zero-order valence-corrected chi connectivity index (χ0v) is 10.4. The van der Waals surface area contributed by atoms with Crippen LogP contribution in [0.4, 0.5) is 0 Å². The lowest BCUT2D eigenvalue weighted by Gasteiger charge is -2.10. The number of carbonyl (C=O) groups is 1. The molecule has 0 aromatic heterocycles. The van der Waals surface area contributed by atoms with Crippen LogP contribution in [0.2, 0.25) is 0 Å². The van der Waals surface area contributed by atoms with Crippen molar-refractivity contribution in [1.29, 1.82) is 0 Å². The van der Waals surface area contributed by atoms with Crippen LogP contribution in [0.15, 0.2) is 24.3 Å². The molecule has 0 bridgehead atoms. The molecule has 0 saturated heterocycles. The van der Waals surface area contributed by atoms with Gasteiger partial charge in [-0.2, -0.15) is 0 Å². The minimum atomic E-state index is -3.70. The van der Waals surface area contributed by atoms with E-state index >= 15 is 0 Å².